The second-order valence-corrected chi connectivity index (χ2v) is 5.24. The highest BCUT2D eigenvalue weighted by molar-refractivity contribution is 7.99. The Balaban J connectivity index is 2.25. The Labute approximate surface area is 90.6 Å². The molecule has 0 radical (unpaired) electrons. The monoisotopic (exact) mass is 219 g/mol. The van der Waals surface area contributed by atoms with Crippen molar-refractivity contribution in [3.05, 3.63) is 0 Å². The Morgan fingerprint density at radius 1 is 1.57 bits per heavy atom. The Morgan fingerprint density at radius 3 is 2.79 bits per heavy atom. The highest BCUT2D eigenvalue weighted by Gasteiger charge is 2.31. The molecule has 0 saturated carbocycles. The van der Waals surface area contributed by atoms with E-state index in [4.69, 9.17) is 4.74 Å². The van der Waals surface area contributed by atoms with Crippen LogP contribution < -0.4 is 5.32 Å². The number of methoxy groups -OCH3 is 1. The number of thioether (sulfide) groups is 1. The summed E-state index contributed by atoms with van der Waals surface area (Å²) in [7, 11) is 1.71. The van der Waals surface area contributed by atoms with E-state index in [1.165, 1.54) is 0 Å². The maximum atomic E-state index is 10.1. The SMILES string of the molecule is COC(C)C(C)NCC1(O)CCSC1. The maximum absolute atomic E-state index is 10.1. The van der Waals surface area contributed by atoms with Gasteiger partial charge in [0.15, 0.2) is 0 Å². The van der Waals surface area contributed by atoms with E-state index in [-0.39, 0.29) is 12.1 Å². The van der Waals surface area contributed by atoms with Crippen LogP contribution in [-0.2, 0) is 4.74 Å². The molecule has 4 heteroatoms. The standard InChI is InChI=1S/C10H21NO2S/c1-8(9(2)13-3)11-6-10(12)4-5-14-7-10/h8-9,11-12H,4-7H2,1-3H3. The normalized spacial score (nSPS) is 31.7. The van der Waals surface area contributed by atoms with Crippen molar-refractivity contribution in [1.29, 1.82) is 0 Å². The summed E-state index contributed by atoms with van der Waals surface area (Å²) in [4.78, 5) is 0. The van der Waals surface area contributed by atoms with Gasteiger partial charge < -0.3 is 15.2 Å². The van der Waals surface area contributed by atoms with Crippen molar-refractivity contribution in [3.63, 3.8) is 0 Å². The highest BCUT2D eigenvalue weighted by Crippen LogP contribution is 2.27. The van der Waals surface area contributed by atoms with E-state index in [1.54, 1.807) is 7.11 Å². The number of hydrogen-bond donors (Lipinski definition) is 2. The van der Waals surface area contributed by atoms with Crippen molar-refractivity contribution >= 4 is 11.8 Å². The minimum absolute atomic E-state index is 0.188. The molecule has 0 aromatic carbocycles. The summed E-state index contributed by atoms with van der Waals surface area (Å²) in [5, 5.41) is 13.4. The molecule has 0 bridgehead atoms. The lowest BCUT2D eigenvalue weighted by Gasteiger charge is -2.26. The van der Waals surface area contributed by atoms with Crippen LogP contribution in [-0.4, -0.2) is 48.0 Å². The Hall–Kier alpha value is 0.230. The molecule has 1 aliphatic rings. The first-order valence-electron chi connectivity index (χ1n) is 5.14. The van der Waals surface area contributed by atoms with Gasteiger partial charge in [-0.1, -0.05) is 0 Å². The first-order chi connectivity index (χ1) is 6.57. The van der Waals surface area contributed by atoms with Gasteiger partial charge in [-0.25, -0.2) is 0 Å². The summed E-state index contributed by atoms with van der Waals surface area (Å²) in [6.45, 7) is 4.79. The van der Waals surface area contributed by atoms with E-state index in [0.29, 0.717) is 6.54 Å². The van der Waals surface area contributed by atoms with Gasteiger partial charge >= 0.3 is 0 Å². The zero-order chi connectivity index (χ0) is 10.6. The summed E-state index contributed by atoms with van der Waals surface area (Å²) >= 11 is 1.83. The molecule has 3 atom stereocenters. The molecule has 0 aromatic heterocycles. The average Bonchev–Trinajstić information content (AvgIpc) is 2.61. The first-order valence-corrected chi connectivity index (χ1v) is 6.29. The zero-order valence-electron chi connectivity index (χ0n) is 9.25. The third-order valence-electron chi connectivity index (χ3n) is 2.91. The predicted molar refractivity (Wildman–Crippen MR) is 60.8 cm³/mol. The van der Waals surface area contributed by atoms with Gasteiger partial charge in [-0.05, 0) is 26.0 Å². The van der Waals surface area contributed by atoms with Crippen molar-refractivity contribution < 1.29 is 9.84 Å². The van der Waals surface area contributed by atoms with Crippen molar-refractivity contribution in [1.82, 2.24) is 5.32 Å². The highest BCUT2D eigenvalue weighted by atomic mass is 32.2. The van der Waals surface area contributed by atoms with Crippen LogP contribution in [0.5, 0.6) is 0 Å². The molecule has 0 aromatic rings. The lowest BCUT2D eigenvalue weighted by molar-refractivity contribution is 0.0466. The molecule has 3 nitrogen and oxygen atoms in total. The first kappa shape index (κ1) is 12.3. The van der Waals surface area contributed by atoms with E-state index in [1.807, 2.05) is 18.7 Å². The summed E-state index contributed by atoms with van der Waals surface area (Å²) in [6.07, 6.45) is 1.09. The fourth-order valence-electron chi connectivity index (χ4n) is 1.46. The third kappa shape index (κ3) is 3.42. The molecule has 0 spiro atoms. The Morgan fingerprint density at radius 2 is 2.29 bits per heavy atom. The minimum atomic E-state index is -0.494. The summed E-state index contributed by atoms with van der Waals surface area (Å²) in [6, 6.07) is 0.287. The van der Waals surface area contributed by atoms with Crippen molar-refractivity contribution in [2.75, 3.05) is 25.2 Å². The van der Waals surface area contributed by atoms with E-state index >= 15 is 0 Å². The van der Waals surface area contributed by atoms with Crippen molar-refractivity contribution in [3.8, 4) is 0 Å². The van der Waals surface area contributed by atoms with Crippen LogP contribution >= 0.6 is 11.8 Å². The smallest absolute Gasteiger partial charge is 0.0869 e. The number of hydrogen-bond acceptors (Lipinski definition) is 4. The van der Waals surface area contributed by atoms with Crippen LogP contribution in [0.2, 0.25) is 0 Å². The maximum Gasteiger partial charge on any atom is 0.0869 e. The van der Waals surface area contributed by atoms with Crippen LogP contribution in [0.15, 0.2) is 0 Å². The van der Waals surface area contributed by atoms with Crippen LogP contribution in [0, 0.1) is 0 Å². The van der Waals surface area contributed by atoms with E-state index < -0.39 is 5.60 Å². The molecule has 1 saturated heterocycles. The van der Waals surface area contributed by atoms with Crippen LogP contribution in [0.4, 0.5) is 0 Å². The Bertz CT molecular complexity index is 172. The molecular weight excluding hydrogens is 198 g/mol. The number of ether oxygens (including phenoxy) is 1. The number of rotatable bonds is 5. The minimum Gasteiger partial charge on any atom is -0.388 e. The van der Waals surface area contributed by atoms with Gasteiger partial charge in [-0.2, -0.15) is 11.8 Å². The van der Waals surface area contributed by atoms with Gasteiger partial charge in [0.1, 0.15) is 0 Å². The molecule has 0 aliphatic carbocycles. The summed E-state index contributed by atoms with van der Waals surface area (Å²) in [5.74, 6) is 1.93. The van der Waals surface area contributed by atoms with Gasteiger partial charge in [0.05, 0.1) is 11.7 Å². The topological polar surface area (TPSA) is 41.5 Å². The number of nitrogens with one attached hydrogen (secondary N) is 1. The van der Waals surface area contributed by atoms with Gasteiger partial charge in [-0.3, -0.25) is 0 Å². The number of aliphatic hydroxyl groups is 1. The molecule has 1 heterocycles. The predicted octanol–water partition coefficient (Wildman–Crippen LogP) is 0.867. The van der Waals surface area contributed by atoms with Crippen LogP contribution in [0.3, 0.4) is 0 Å². The zero-order valence-corrected chi connectivity index (χ0v) is 10.1. The lowest BCUT2D eigenvalue weighted by Crippen LogP contribution is -2.47. The van der Waals surface area contributed by atoms with Crippen LogP contribution in [0.1, 0.15) is 20.3 Å². The molecule has 3 unspecified atom stereocenters. The van der Waals surface area contributed by atoms with Gasteiger partial charge in [0, 0.05) is 25.4 Å². The molecular formula is C10H21NO2S. The largest absolute Gasteiger partial charge is 0.388 e. The third-order valence-corrected chi connectivity index (χ3v) is 4.15. The Kier molecular flexibility index (Phi) is 4.70. The van der Waals surface area contributed by atoms with Gasteiger partial charge in [-0.15, -0.1) is 0 Å². The van der Waals surface area contributed by atoms with E-state index in [0.717, 1.165) is 17.9 Å². The molecule has 1 aliphatic heterocycles. The second kappa shape index (κ2) is 5.35. The van der Waals surface area contributed by atoms with Crippen molar-refractivity contribution in [2.45, 2.75) is 38.0 Å². The molecule has 2 N–H and O–H groups in total. The molecule has 1 fully saturated rings. The van der Waals surface area contributed by atoms with Gasteiger partial charge in [0.25, 0.3) is 0 Å². The van der Waals surface area contributed by atoms with Gasteiger partial charge in [0.2, 0.25) is 0 Å². The fraction of sp³-hybridized carbons (Fsp3) is 1.00. The summed E-state index contributed by atoms with van der Waals surface area (Å²) < 4.78 is 5.21. The average molecular weight is 219 g/mol. The van der Waals surface area contributed by atoms with E-state index in [9.17, 15) is 5.11 Å². The summed E-state index contributed by atoms with van der Waals surface area (Å²) in [5.41, 5.74) is -0.494. The van der Waals surface area contributed by atoms with Crippen LogP contribution in [0.25, 0.3) is 0 Å². The fourth-order valence-corrected chi connectivity index (χ4v) is 2.75. The quantitative estimate of drug-likeness (QED) is 0.720. The van der Waals surface area contributed by atoms with E-state index in [2.05, 4.69) is 12.2 Å². The van der Waals surface area contributed by atoms with Crippen molar-refractivity contribution in [2.24, 2.45) is 0 Å². The second-order valence-electron chi connectivity index (χ2n) is 4.14. The molecule has 0 amide bonds. The lowest BCUT2D eigenvalue weighted by atomic mass is 10.0. The molecule has 14 heavy (non-hydrogen) atoms. The molecule has 1 rings (SSSR count). The molecule has 84 valence electrons.